The highest BCUT2D eigenvalue weighted by molar-refractivity contribution is 6.35. The number of methoxy groups -OCH3 is 1. The van der Waals surface area contributed by atoms with E-state index in [2.05, 4.69) is 0 Å². The van der Waals surface area contributed by atoms with Gasteiger partial charge in [0.2, 0.25) is 0 Å². The van der Waals surface area contributed by atoms with Crippen molar-refractivity contribution < 1.29 is 14.2 Å². The maximum absolute atomic E-state index is 13.6. The maximum Gasteiger partial charge on any atom is 0.165 e. The Morgan fingerprint density at radius 3 is 2.38 bits per heavy atom. The monoisotopic (exact) mass is 328 g/mol. The van der Waals surface area contributed by atoms with E-state index >= 15 is 0 Å². The molecule has 0 amide bonds. The highest BCUT2D eigenvalue weighted by atomic mass is 35.5. The Balaban J connectivity index is 2.08. The van der Waals surface area contributed by atoms with Gasteiger partial charge in [0.1, 0.15) is 0 Å². The van der Waals surface area contributed by atoms with Gasteiger partial charge >= 0.3 is 0 Å². The van der Waals surface area contributed by atoms with Crippen molar-refractivity contribution in [3.8, 4) is 5.75 Å². The second kappa shape index (κ2) is 7.12. The number of hydrogen-bond donors (Lipinski definition) is 1. The lowest BCUT2D eigenvalue weighted by Gasteiger charge is -2.14. The lowest BCUT2D eigenvalue weighted by Crippen LogP contribution is -2.14. The third kappa shape index (κ3) is 4.10. The fourth-order valence-electron chi connectivity index (χ4n) is 2.14. The van der Waals surface area contributed by atoms with Crippen LogP contribution in [0.15, 0.2) is 36.4 Å². The van der Waals surface area contributed by atoms with E-state index in [1.54, 1.807) is 30.3 Å². The number of benzene rings is 2. The zero-order valence-corrected chi connectivity index (χ0v) is 13.0. The van der Waals surface area contributed by atoms with E-state index < -0.39 is 11.9 Å². The number of hydrogen-bond acceptors (Lipinski definition) is 2. The average molecular weight is 329 g/mol. The molecule has 0 aliphatic carbocycles. The number of ether oxygens (including phenoxy) is 1. The summed E-state index contributed by atoms with van der Waals surface area (Å²) in [6, 6.07) is 9.82. The Hall–Kier alpha value is -1.29. The fraction of sp³-hybridized carbons (Fsp3) is 0.250. The molecule has 0 radical (unpaired) electrons. The summed E-state index contributed by atoms with van der Waals surface area (Å²) < 4.78 is 18.5. The minimum absolute atomic E-state index is 0.183. The van der Waals surface area contributed by atoms with Crippen molar-refractivity contribution in [1.29, 1.82) is 0 Å². The summed E-state index contributed by atoms with van der Waals surface area (Å²) in [5.74, 6) is -0.264. The molecule has 0 bridgehead atoms. The summed E-state index contributed by atoms with van der Waals surface area (Å²) in [6.07, 6.45) is -0.0792. The minimum Gasteiger partial charge on any atom is -0.494 e. The molecule has 2 aromatic carbocycles. The molecule has 0 aromatic heterocycles. The summed E-state index contributed by atoms with van der Waals surface area (Å²) >= 11 is 12.1. The van der Waals surface area contributed by atoms with Gasteiger partial charge in [-0.25, -0.2) is 4.39 Å². The Morgan fingerprint density at radius 2 is 1.81 bits per heavy atom. The van der Waals surface area contributed by atoms with E-state index in [0.29, 0.717) is 34.0 Å². The van der Waals surface area contributed by atoms with Crippen molar-refractivity contribution in [2.75, 3.05) is 7.11 Å². The zero-order chi connectivity index (χ0) is 15.4. The van der Waals surface area contributed by atoms with Crippen LogP contribution in [-0.2, 0) is 12.8 Å². The van der Waals surface area contributed by atoms with Crippen LogP contribution in [0.1, 0.15) is 11.1 Å². The predicted molar refractivity (Wildman–Crippen MR) is 82.8 cm³/mol. The second-order valence-electron chi connectivity index (χ2n) is 4.73. The molecule has 0 aliphatic heterocycles. The first-order chi connectivity index (χ1) is 10.0. The number of halogens is 3. The van der Waals surface area contributed by atoms with Gasteiger partial charge in [-0.2, -0.15) is 0 Å². The van der Waals surface area contributed by atoms with E-state index in [1.807, 2.05) is 0 Å². The molecule has 2 rings (SSSR count). The quantitative estimate of drug-likeness (QED) is 0.887. The van der Waals surface area contributed by atoms with Crippen LogP contribution < -0.4 is 4.74 Å². The highest BCUT2D eigenvalue weighted by Gasteiger charge is 2.13. The van der Waals surface area contributed by atoms with E-state index in [1.165, 1.54) is 13.2 Å². The molecule has 0 saturated carbocycles. The van der Waals surface area contributed by atoms with Gasteiger partial charge in [-0.05, 0) is 41.8 Å². The summed E-state index contributed by atoms with van der Waals surface area (Å²) in [5, 5.41) is 11.2. The van der Waals surface area contributed by atoms with Crippen LogP contribution in [0.5, 0.6) is 5.75 Å². The predicted octanol–water partition coefficient (Wildman–Crippen LogP) is 4.29. The van der Waals surface area contributed by atoms with Crippen molar-refractivity contribution in [3.63, 3.8) is 0 Å². The molecule has 21 heavy (non-hydrogen) atoms. The Bertz CT molecular complexity index is 611. The van der Waals surface area contributed by atoms with Crippen molar-refractivity contribution in [3.05, 3.63) is 63.4 Å². The maximum atomic E-state index is 13.6. The van der Waals surface area contributed by atoms with Gasteiger partial charge in [0.15, 0.2) is 11.6 Å². The Labute approximate surface area is 133 Å². The molecule has 0 fully saturated rings. The molecular weight excluding hydrogens is 314 g/mol. The molecular formula is C16H15Cl2FO2. The zero-order valence-electron chi connectivity index (χ0n) is 11.4. The van der Waals surface area contributed by atoms with Gasteiger partial charge < -0.3 is 9.84 Å². The van der Waals surface area contributed by atoms with Gasteiger partial charge in [-0.1, -0.05) is 35.3 Å². The first kappa shape index (κ1) is 16.1. The van der Waals surface area contributed by atoms with Crippen LogP contribution in [0, 0.1) is 5.82 Å². The number of aliphatic hydroxyl groups excluding tert-OH is 1. The summed E-state index contributed by atoms with van der Waals surface area (Å²) in [5.41, 5.74) is 1.38. The van der Waals surface area contributed by atoms with E-state index in [-0.39, 0.29) is 5.75 Å². The molecule has 1 N–H and O–H groups in total. The smallest absolute Gasteiger partial charge is 0.165 e. The number of rotatable bonds is 5. The van der Waals surface area contributed by atoms with Gasteiger partial charge in [0, 0.05) is 16.5 Å². The van der Waals surface area contributed by atoms with Gasteiger partial charge in [0.25, 0.3) is 0 Å². The molecule has 5 heteroatoms. The Kier molecular flexibility index (Phi) is 5.45. The molecule has 2 nitrogen and oxygen atoms in total. The van der Waals surface area contributed by atoms with Gasteiger partial charge in [-0.3, -0.25) is 0 Å². The topological polar surface area (TPSA) is 29.5 Å². The molecule has 0 aliphatic rings. The van der Waals surface area contributed by atoms with Crippen molar-refractivity contribution in [1.82, 2.24) is 0 Å². The summed E-state index contributed by atoms with van der Waals surface area (Å²) in [4.78, 5) is 0. The van der Waals surface area contributed by atoms with E-state index in [9.17, 15) is 9.50 Å². The van der Waals surface area contributed by atoms with Crippen LogP contribution in [0.2, 0.25) is 10.0 Å². The molecule has 2 aromatic rings. The molecule has 112 valence electrons. The molecule has 0 spiro atoms. The first-order valence-electron chi connectivity index (χ1n) is 6.44. The first-order valence-corrected chi connectivity index (χ1v) is 7.20. The minimum atomic E-state index is -0.699. The van der Waals surface area contributed by atoms with Gasteiger partial charge in [0.05, 0.1) is 13.2 Å². The van der Waals surface area contributed by atoms with E-state index in [0.717, 1.165) is 0 Å². The average Bonchev–Trinajstić information content (AvgIpc) is 2.43. The number of aliphatic hydroxyl groups is 1. The second-order valence-corrected chi connectivity index (χ2v) is 5.55. The van der Waals surface area contributed by atoms with Crippen LogP contribution >= 0.6 is 23.2 Å². The Morgan fingerprint density at radius 1 is 1.14 bits per heavy atom. The standard InChI is InChI=1S/C16H15Cl2FO2/c1-21-16-6-5-10(8-15(16)19)7-11(20)9-12-13(17)3-2-4-14(12)18/h2-6,8,11,20H,7,9H2,1H3. The summed E-state index contributed by atoms with van der Waals surface area (Å²) in [6.45, 7) is 0. The third-order valence-corrected chi connectivity index (χ3v) is 3.90. The van der Waals surface area contributed by atoms with Crippen LogP contribution in [0.4, 0.5) is 4.39 Å². The lowest BCUT2D eigenvalue weighted by molar-refractivity contribution is 0.175. The lowest BCUT2D eigenvalue weighted by atomic mass is 10.0. The highest BCUT2D eigenvalue weighted by Crippen LogP contribution is 2.26. The van der Waals surface area contributed by atoms with Crippen LogP contribution in [0.3, 0.4) is 0 Å². The van der Waals surface area contributed by atoms with Crippen LogP contribution in [0.25, 0.3) is 0 Å². The molecule has 0 saturated heterocycles. The summed E-state index contributed by atoms with van der Waals surface area (Å²) in [7, 11) is 1.41. The third-order valence-electron chi connectivity index (χ3n) is 3.19. The molecule has 1 atom stereocenters. The normalized spacial score (nSPS) is 12.2. The molecule has 0 heterocycles. The van der Waals surface area contributed by atoms with Crippen LogP contribution in [-0.4, -0.2) is 18.3 Å². The van der Waals surface area contributed by atoms with Crippen molar-refractivity contribution >= 4 is 23.2 Å². The van der Waals surface area contributed by atoms with E-state index in [4.69, 9.17) is 27.9 Å². The largest absolute Gasteiger partial charge is 0.494 e. The molecule has 1 unspecified atom stereocenters. The van der Waals surface area contributed by atoms with Gasteiger partial charge in [-0.15, -0.1) is 0 Å². The van der Waals surface area contributed by atoms with Crippen molar-refractivity contribution in [2.45, 2.75) is 18.9 Å². The fourth-order valence-corrected chi connectivity index (χ4v) is 2.70. The SMILES string of the molecule is COc1ccc(CC(O)Cc2c(Cl)cccc2Cl)cc1F. The van der Waals surface area contributed by atoms with Crippen molar-refractivity contribution in [2.24, 2.45) is 0 Å².